The topological polar surface area (TPSA) is 77.0 Å². The Morgan fingerprint density at radius 1 is 1.27 bits per heavy atom. The van der Waals surface area contributed by atoms with Gasteiger partial charge in [0.25, 0.3) is 0 Å². The van der Waals surface area contributed by atoms with E-state index < -0.39 is 5.97 Å². The second-order valence-electron chi connectivity index (χ2n) is 5.20. The summed E-state index contributed by atoms with van der Waals surface area (Å²) in [6.07, 6.45) is 1.02. The van der Waals surface area contributed by atoms with Gasteiger partial charge in [-0.3, -0.25) is 19.6 Å². The third-order valence-corrected chi connectivity index (χ3v) is 4.24. The zero-order valence-corrected chi connectivity index (χ0v) is 13.3. The van der Waals surface area contributed by atoms with Gasteiger partial charge in [-0.25, -0.2) is 0 Å². The van der Waals surface area contributed by atoms with Crippen LogP contribution in [0.1, 0.15) is 12.8 Å². The summed E-state index contributed by atoms with van der Waals surface area (Å²) in [6, 6.07) is 7.85. The number of benzene rings is 1. The summed E-state index contributed by atoms with van der Waals surface area (Å²) in [7, 11) is 0. The lowest BCUT2D eigenvalue weighted by molar-refractivity contribution is -0.137. The van der Waals surface area contributed by atoms with Crippen molar-refractivity contribution in [3.05, 3.63) is 40.4 Å². The fourth-order valence-electron chi connectivity index (χ4n) is 2.66. The minimum absolute atomic E-state index is 0.0819. The number of carbonyl (C=O) groups is 1. The molecule has 0 saturated carbocycles. The van der Waals surface area contributed by atoms with Crippen LogP contribution in [0.3, 0.4) is 0 Å². The van der Waals surface area contributed by atoms with Crippen LogP contribution in [0, 0.1) is 22.0 Å². The summed E-state index contributed by atoms with van der Waals surface area (Å²) in [6.45, 7) is 2.80. The van der Waals surface area contributed by atoms with Gasteiger partial charge in [0.1, 0.15) is 0 Å². The van der Waals surface area contributed by atoms with Crippen LogP contribution in [0.4, 0.5) is 5.69 Å². The molecule has 1 fully saturated rings. The Morgan fingerprint density at radius 2 is 1.95 bits per heavy atom. The number of aromatic amines is 2. The Labute approximate surface area is 137 Å². The van der Waals surface area contributed by atoms with E-state index in [2.05, 4.69) is 15.1 Å². The number of hydrogen-bond donors (Lipinski definition) is 3. The monoisotopic (exact) mass is 335 g/mol. The van der Waals surface area contributed by atoms with Gasteiger partial charge in [-0.2, -0.15) is 0 Å². The maximum absolute atomic E-state index is 10.8. The Hall–Kier alpha value is -1.93. The average molecular weight is 335 g/mol. The molecule has 0 aliphatic carbocycles. The van der Waals surface area contributed by atoms with Crippen LogP contribution in [0.2, 0.25) is 0 Å². The van der Waals surface area contributed by atoms with Gasteiger partial charge >= 0.3 is 5.97 Å². The van der Waals surface area contributed by atoms with Crippen molar-refractivity contribution < 1.29 is 9.90 Å². The van der Waals surface area contributed by atoms with Crippen molar-refractivity contribution in [1.29, 1.82) is 0 Å². The minimum atomic E-state index is -0.762. The van der Waals surface area contributed by atoms with Crippen molar-refractivity contribution in [2.24, 2.45) is 5.92 Å². The number of rotatable bonds is 4. The summed E-state index contributed by atoms with van der Waals surface area (Å²) in [5.41, 5.74) is 1.88. The molecule has 2 heterocycles. The molecule has 1 radical (unpaired) electrons. The largest absolute Gasteiger partial charge is 0.481 e. The van der Waals surface area contributed by atoms with Gasteiger partial charge in [-0.1, -0.05) is 6.07 Å². The molecule has 1 saturated heterocycles. The van der Waals surface area contributed by atoms with Crippen molar-refractivity contribution >= 4 is 36.1 Å². The van der Waals surface area contributed by atoms with Crippen molar-refractivity contribution in [3.8, 4) is 5.69 Å². The van der Waals surface area contributed by atoms with E-state index in [1.54, 1.807) is 4.57 Å². The van der Waals surface area contributed by atoms with Crippen molar-refractivity contribution in [3.63, 3.8) is 0 Å². The molecule has 0 spiro atoms. The van der Waals surface area contributed by atoms with Crippen LogP contribution in [-0.2, 0) is 4.79 Å². The molecule has 1 aromatic carbocycles. The van der Waals surface area contributed by atoms with Gasteiger partial charge in [0.15, 0.2) is 9.54 Å². The highest BCUT2D eigenvalue weighted by Crippen LogP contribution is 2.30. The summed E-state index contributed by atoms with van der Waals surface area (Å²) < 4.78 is 2.77. The number of nitrogens with zero attached hydrogens (tertiary/aromatic N) is 2. The number of aromatic nitrogens is 3. The number of carboxylic acid groups (broad SMARTS) is 1. The Balaban J connectivity index is 1.85. The zero-order valence-electron chi connectivity index (χ0n) is 11.7. The molecule has 6 nitrogen and oxygen atoms in total. The summed E-state index contributed by atoms with van der Waals surface area (Å²) in [4.78, 5) is 12.9. The van der Waals surface area contributed by atoms with Crippen molar-refractivity contribution in [2.45, 2.75) is 12.8 Å². The molecule has 3 rings (SSSR count). The van der Waals surface area contributed by atoms with Gasteiger partial charge in [-0.15, -0.1) is 0 Å². The maximum Gasteiger partial charge on any atom is 0.303 e. The zero-order chi connectivity index (χ0) is 15.7. The molecule has 1 atom stereocenters. The smallest absolute Gasteiger partial charge is 0.303 e. The molecular weight excluding hydrogens is 320 g/mol. The summed E-state index contributed by atoms with van der Waals surface area (Å²) >= 11 is 10.4. The Morgan fingerprint density at radius 3 is 2.64 bits per heavy atom. The lowest BCUT2D eigenvalue weighted by Gasteiger charge is -2.18. The lowest BCUT2D eigenvalue weighted by atomic mass is 10.1. The minimum Gasteiger partial charge on any atom is -0.481 e. The highest BCUT2D eigenvalue weighted by atomic mass is 32.1. The van der Waals surface area contributed by atoms with E-state index in [9.17, 15) is 4.79 Å². The maximum atomic E-state index is 10.8. The second kappa shape index (κ2) is 6.05. The van der Waals surface area contributed by atoms with E-state index in [0.717, 1.165) is 24.3 Å². The Kier molecular flexibility index (Phi) is 4.12. The first kappa shape index (κ1) is 15.0. The molecule has 1 aromatic heterocycles. The number of carboxylic acids is 1. The molecule has 8 heteroatoms. The molecule has 1 aliphatic heterocycles. The van der Waals surface area contributed by atoms with E-state index in [1.165, 1.54) is 0 Å². The Bertz CT molecular complexity index is 780. The first-order chi connectivity index (χ1) is 10.5. The van der Waals surface area contributed by atoms with Gasteiger partial charge in [0.05, 0.1) is 18.7 Å². The molecule has 0 amide bonds. The SMILES string of the molecule is O=C(O)CC1[CH]N(c2cccc(-n3c(=S)[nH][nH]c3=S)c2)CC1. The molecule has 1 unspecified atom stereocenters. The van der Waals surface area contributed by atoms with Gasteiger partial charge in [0, 0.05) is 12.2 Å². The molecule has 115 valence electrons. The van der Waals surface area contributed by atoms with Crippen molar-refractivity contribution in [2.75, 3.05) is 11.4 Å². The van der Waals surface area contributed by atoms with Gasteiger partial charge in [-0.05, 0) is 55.0 Å². The normalized spacial score (nSPS) is 17.8. The van der Waals surface area contributed by atoms with Crippen LogP contribution in [0.15, 0.2) is 24.3 Å². The third-order valence-electron chi connectivity index (χ3n) is 3.67. The molecule has 22 heavy (non-hydrogen) atoms. The standard InChI is InChI=1S/C14H15N4O2S2/c19-12(20)6-9-4-5-17(8-9)10-2-1-3-11(7-10)18-13(21)15-16-14(18)22/h1-3,7-9H,4-6H2,(H,15,21)(H,16,22)(H,19,20). The number of hydrogen-bond acceptors (Lipinski definition) is 4. The van der Waals surface area contributed by atoms with Crippen LogP contribution in [-0.4, -0.2) is 32.4 Å². The molecular formula is C14H15N4O2S2. The highest BCUT2D eigenvalue weighted by molar-refractivity contribution is 7.72. The second-order valence-corrected chi connectivity index (χ2v) is 5.98. The van der Waals surface area contributed by atoms with E-state index in [0.29, 0.717) is 9.54 Å². The van der Waals surface area contributed by atoms with Gasteiger partial charge in [0.2, 0.25) is 0 Å². The lowest BCUT2D eigenvalue weighted by Crippen LogP contribution is -2.15. The first-order valence-corrected chi connectivity index (χ1v) is 7.70. The highest BCUT2D eigenvalue weighted by Gasteiger charge is 2.25. The number of H-pyrrole nitrogens is 2. The van der Waals surface area contributed by atoms with E-state index in [4.69, 9.17) is 29.5 Å². The average Bonchev–Trinajstić information content (AvgIpc) is 3.06. The third kappa shape index (κ3) is 2.97. The molecule has 1 aliphatic rings. The molecule has 0 bridgehead atoms. The number of nitrogens with one attached hydrogen (secondary N) is 2. The van der Waals surface area contributed by atoms with Crippen LogP contribution >= 0.6 is 24.4 Å². The predicted molar refractivity (Wildman–Crippen MR) is 88.1 cm³/mol. The van der Waals surface area contributed by atoms with E-state index in [1.807, 2.05) is 30.8 Å². The quantitative estimate of drug-likeness (QED) is 0.749. The van der Waals surface area contributed by atoms with Crippen molar-refractivity contribution in [1.82, 2.24) is 14.8 Å². The van der Waals surface area contributed by atoms with Gasteiger partial charge < -0.3 is 10.0 Å². The molecule has 3 N–H and O–H groups in total. The fraction of sp³-hybridized carbons (Fsp3) is 0.286. The van der Waals surface area contributed by atoms with Crippen LogP contribution < -0.4 is 4.90 Å². The van der Waals surface area contributed by atoms with E-state index in [-0.39, 0.29) is 12.3 Å². The van der Waals surface area contributed by atoms with Crippen LogP contribution in [0.5, 0.6) is 0 Å². The summed E-state index contributed by atoms with van der Waals surface area (Å²) in [5.74, 6) is -0.680. The van der Waals surface area contributed by atoms with Crippen LogP contribution in [0.25, 0.3) is 5.69 Å². The summed E-state index contributed by atoms with van der Waals surface area (Å²) in [5, 5.41) is 14.5. The molecule has 2 aromatic rings. The predicted octanol–water partition coefficient (Wildman–Crippen LogP) is 3.06. The first-order valence-electron chi connectivity index (χ1n) is 6.88. The number of aliphatic carboxylic acids is 1. The fourth-order valence-corrected chi connectivity index (χ4v) is 3.21. The van der Waals surface area contributed by atoms with E-state index >= 15 is 0 Å². The number of anilines is 1.